The molecular formula is C37H74N10O14. The van der Waals surface area contributed by atoms with Crippen molar-refractivity contribution in [3.8, 4) is 0 Å². The van der Waals surface area contributed by atoms with Crippen molar-refractivity contribution in [2.45, 2.75) is 180 Å². The van der Waals surface area contributed by atoms with Gasteiger partial charge in [0.15, 0.2) is 12.6 Å². The zero-order valence-electron chi connectivity index (χ0n) is 34.7. The lowest BCUT2D eigenvalue weighted by Crippen LogP contribution is -2.68. The van der Waals surface area contributed by atoms with Gasteiger partial charge in [-0.3, -0.25) is 9.59 Å². The first-order valence-electron chi connectivity index (χ1n) is 21.4. The Hall–Kier alpha value is -1.86. The van der Waals surface area contributed by atoms with Crippen LogP contribution in [0.1, 0.15) is 57.8 Å². The highest BCUT2D eigenvalue weighted by Gasteiger charge is 2.50. The maximum Gasteiger partial charge on any atom is 0.246 e. The number of aliphatic hydroxyl groups excluding tert-OH is 6. The summed E-state index contributed by atoms with van der Waals surface area (Å²) in [6.07, 6.45) is -9.93. The van der Waals surface area contributed by atoms with Gasteiger partial charge in [0.05, 0.1) is 24.3 Å². The number of ether oxygens (including phenoxy) is 6. The second-order valence-corrected chi connectivity index (χ2v) is 16.7. The van der Waals surface area contributed by atoms with E-state index in [-0.39, 0.29) is 25.9 Å². The molecule has 0 bridgehead atoms. The van der Waals surface area contributed by atoms with Gasteiger partial charge in [0.25, 0.3) is 0 Å². The van der Waals surface area contributed by atoms with Crippen LogP contribution in [0.15, 0.2) is 0 Å². The van der Waals surface area contributed by atoms with Crippen molar-refractivity contribution in [2.75, 3.05) is 39.4 Å². The fourth-order valence-electron chi connectivity index (χ4n) is 8.17. The van der Waals surface area contributed by atoms with Crippen LogP contribution >= 0.6 is 0 Å². The SMILES string of the molecule is NC[C@H]1O[C@H](O[C@H]2[C@H](OCC(=O)NCCCCCCCCCNC(=O)CO[C@@H]3[C@@H](O)[C@H](N)C[C@H](N)[C@H]3O[C@H]3O[C@H](CN)[C@@H](O)[C@H](O)[C@H]3N)[C@@H](O)[C@H](N)C[C@@H]2N)[C@H](N)[C@@H](O)[C@@H]1O. The highest BCUT2D eigenvalue weighted by molar-refractivity contribution is 5.77. The van der Waals surface area contributed by atoms with E-state index in [1.807, 2.05) is 0 Å². The van der Waals surface area contributed by atoms with Crippen LogP contribution in [0.4, 0.5) is 0 Å². The number of aliphatic hydroxyl groups is 6. The number of hydrogen-bond acceptors (Lipinski definition) is 22. The molecule has 4 fully saturated rings. The van der Waals surface area contributed by atoms with Gasteiger partial charge in [-0.2, -0.15) is 0 Å². The molecule has 24 N–H and O–H groups in total. The second kappa shape index (κ2) is 25.0. The monoisotopic (exact) mass is 883 g/mol. The van der Waals surface area contributed by atoms with Crippen LogP contribution in [0.3, 0.4) is 0 Å². The Labute approximate surface area is 355 Å². The Balaban J connectivity index is 1.07. The van der Waals surface area contributed by atoms with Gasteiger partial charge in [0.2, 0.25) is 11.8 Å². The zero-order chi connectivity index (χ0) is 45.0. The van der Waals surface area contributed by atoms with E-state index >= 15 is 0 Å². The normalized spacial score (nSPS) is 41.9. The third kappa shape index (κ3) is 14.1. The fraction of sp³-hybridized carbons (Fsp3) is 0.946. The summed E-state index contributed by atoms with van der Waals surface area (Å²) in [6.45, 7) is -0.171. The Morgan fingerprint density at radius 2 is 0.836 bits per heavy atom. The Morgan fingerprint density at radius 3 is 1.18 bits per heavy atom. The molecule has 0 aromatic carbocycles. The maximum atomic E-state index is 12.6. The summed E-state index contributed by atoms with van der Waals surface area (Å²) in [5.41, 5.74) is 48.2. The molecule has 2 aliphatic carbocycles. The van der Waals surface area contributed by atoms with Gasteiger partial charge in [0, 0.05) is 50.3 Å². The molecule has 2 aliphatic heterocycles. The van der Waals surface area contributed by atoms with E-state index in [1.54, 1.807) is 0 Å². The number of nitrogens with one attached hydrogen (secondary N) is 2. The van der Waals surface area contributed by atoms with Gasteiger partial charge in [-0.25, -0.2) is 0 Å². The summed E-state index contributed by atoms with van der Waals surface area (Å²) in [6, 6.07) is -5.21. The summed E-state index contributed by atoms with van der Waals surface area (Å²) < 4.78 is 34.9. The van der Waals surface area contributed by atoms with Crippen LogP contribution in [-0.2, 0) is 38.0 Å². The molecule has 0 aromatic heterocycles. The molecule has 20 atom stereocenters. The number of carbonyl (C=O) groups excluding carboxylic acids is 2. The summed E-state index contributed by atoms with van der Waals surface area (Å²) >= 11 is 0. The minimum absolute atomic E-state index is 0.107. The first-order chi connectivity index (χ1) is 29.0. The van der Waals surface area contributed by atoms with Gasteiger partial charge in [0.1, 0.15) is 74.3 Å². The standard InChI is InChI=1S/C37H74N10O14/c38-12-20-28(52)30(54)24(44)36(58-20)60-32-18(42)10-16(40)26(50)34(32)56-14-22(48)46-8-6-4-2-1-3-5-7-9-47-23(49)15-57-35-27(51)17(41)11-19(43)33(35)61-37-25(45)31(55)29(53)21(13-39)59-37/h16-21,24-37,50-55H,1-15,38-45H2,(H,46,48)(H,47,49)/t16-,17-,18+,19+,20-,21-,24-,25-,26+,27+,28-,29-,30-,31-,32-,33-,34-,35-,36-,37-/m1/s1. The molecule has 2 heterocycles. The number of amides is 2. The predicted octanol–water partition coefficient (Wildman–Crippen LogP) is -8.21. The largest absolute Gasteiger partial charge is 0.389 e. The molecular weight excluding hydrogens is 808 g/mol. The summed E-state index contributed by atoms with van der Waals surface area (Å²) in [4.78, 5) is 25.2. The minimum Gasteiger partial charge on any atom is -0.389 e. The van der Waals surface area contributed by atoms with E-state index in [2.05, 4.69) is 10.6 Å². The van der Waals surface area contributed by atoms with Crippen LogP contribution in [-0.4, -0.2) is 204 Å². The van der Waals surface area contributed by atoms with Crippen molar-refractivity contribution in [1.29, 1.82) is 0 Å². The summed E-state index contributed by atoms with van der Waals surface area (Å²) in [5.74, 6) is -0.813. The molecule has 0 spiro atoms. The minimum atomic E-state index is -1.38. The van der Waals surface area contributed by atoms with Crippen molar-refractivity contribution in [2.24, 2.45) is 45.9 Å². The summed E-state index contributed by atoms with van der Waals surface area (Å²) in [7, 11) is 0. The quantitative estimate of drug-likeness (QED) is 0.0449. The number of rotatable bonds is 22. The lowest BCUT2D eigenvalue weighted by Gasteiger charge is -2.46. The van der Waals surface area contributed by atoms with Crippen LogP contribution in [0.2, 0.25) is 0 Å². The van der Waals surface area contributed by atoms with Crippen LogP contribution in [0.5, 0.6) is 0 Å². The Bertz CT molecular complexity index is 1220. The van der Waals surface area contributed by atoms with Crippen molar-refractivity contribution in [3.05, 3.63) is 0 Å². The molecule has 4 rings (SSSR count). The fourth-order valence-corrected chi connectivity index (χ4v) is 8.17. The molecule has 356 valence electrons. The molecule has 24 nitrogen and oxygen atoms in total. The molecule has 61 heavy (non-hydrogen) atoms. The number of unbranched alkanes of at least 4 members (excludes halogenated alkanes) is 6. The molecule has 24 heteroatoms. The lowest BCUT2D eigenvalue weighted by molar-refractivity contribution is -0.290. The smallest absolute Gasteiger partial charge is 0.246 e. The Kier molecular flexibility index (Phi) is 21.2. The first-order valence-corrected chi connectivity index (χ1v) is 21.4. The number of hydrogen-bond donors (Lipinski definition) is 16. The highest BCUT2D eigenvalue weighted by atomic mass is 16.7. The predicted molar refractivity (Wildman–Crippen MR) is 216 cm³/mol. The number of nitrogens with two attached hydrogens (primary N) is 8. The van der Waals surface area contributed by atoms with Crippen molar-refractivity contribution in [1.82, 2.24) is 10.6 Å². The van der Waals surface area contributed by atoms with Gasteiger partial charge in [-0.1, -0.05) is 32.1 Å². The topological polar surface area (TPSA) is 443 Å². The zero-order valence-corrected chi connectivity index (χ0v) is 34.7. The molecule has 0 radical (unpaired) electrons. The van der Waals surface area contributed by atoms with Crippen LogP contribution in [0.25, 0.3) is 0 Å². The van der Waals surface area contributed by atoms with E-state index in [0.29, 0.717) is 13.1 Å². The van der Waals surface area contributed by atoms with Crippen molar-refractivity contribution in [3.63, 3.8) is 0 Å². The molecule has 4 aliphatic rings. The van der Waals surface area contributed by atoms with Gasteiger partial charge in [-0.15, -0.1) is 0 Å². The van der Waals surface area contributed by atoms with E-state index in [0.717, 1.165) is 44.9 Å². The first kappa shape index (κ1) is 51.8. The third-order valence-electron chi connectivity index (χ3n) is 12.0. The van der Waals surface area contributed by atoms with E-state index < -0.39 is 147 Å². The van der Waals surface area contributed by atoms with Crippen LogP contribution < -0.4 is 56.5 Å². The third-order valence-corrected chi connectivity index (χ3v) is 12.0. The lowest BCUT2D eigenvalue weighted by atomic mass is 9.84. The average Bonchev–Trinajstić information content (AvgIpc) is 3.23. The van der Waals surface area contributed by atoms with E-state index in [9.17, 15) is 40.2 Å². The van der Waals surface area contributed by atoms with Crippen molar-refractivity contribution < 1.29 is 68.6 Å². The van der Waals surface area contributed by atoms with E-state index in [1.165, 1.54) is 0 Å². The average molecular weight is 883 g/mol. The van der Waals surface area contributed by atoms with Crippen molar-refractivity contribution >= 4 is 11.8 Å². The molecule has 2 saturated heterocycles. The summed E-state index contributed by atoms with van der Waals surface area (Å²) in [5, 5.41) is 68.3. The molecule has 2 amide bonds. The molecule has 2 saturated carbocycles. The van der Waals surface area contributed by atoms with Gasteiger partial charge in [-0.05, 0) is 25.7 Å². The molecule has 0 aromatic rings. The maximum absolute atomic E-state index is 12.6. The highest BCUT2D eigenvalue weighted by Crippen LogP contribution is 2.30. The van der Waals surface area contributed by atoms with E-state index in [4.69, 9.17) is 74.3 Å². The molecule has 0 unspecified atom stereocenters. The van der Waals surface area contributed by atoms with Crippen LogP contribution in [0, 0.1) is 0 Å². The number of carbonyl (C=O) groups is 2. The Morgan fingerprint density at radius 1 is 0.492 bits per heavy atom. The van der Waals surface area contributed by atoms with Gasteiger partial charge < -0.3 is 116 Å². The van der Waals surface area contributed by atoms with Gasteiger partial charge >= 0.3 is 0 Å². The second-order valence-electron chi connectivity index (χ2n) is 16.7.